The van der Waals surface area contributed by atoms with Gasteiger partial charge in [-0.1, -0.05) is 6.92 Å². The molecule has 2 rings (SSSR count). The molecule has 16 heavy (non-hydrogen) atoms. The minimum atomic E-state index is 0.352. The highest BCUT2D eigenvalue weighted by Crippen LogP contribution is 2.31. The third-order valence-electron chi connectivity index (χ3n) is 3.74. The van der Waals surface area contributed by atoms with Crippen molar-refractivity contribution in [1.29, 1.82) is 0 Å². The second-order valence-corrected chi connectivity index (χ2v) is 6.76. The maximum absolute atomic E-state index is 4.29. The fourth-order valence-electron chi connectivity index (χ4n) is 2.36. The Morgan fingerprint density at radius 2 is 2.19 bits per heavy atom. The van der Waals surface area contributed by atoms with E-state index < -0.39 is 0 Å². The van der Waals surface area contributed by atoms with Crippen molar-refractivity contribution in [2.24, 2.45) is 5.92 Å². The maximum atomic E-state index is 4.29. The summed E-state index contributed by atoms with van der Waals surface area (Å²) >= 11 is 1.80. The van der Waals surface area contributed by atoms with E-state index in [0.717, 1.165) is 12.5 Å². The lowest BCUT2D eigenvalue weighted by atomic mass is 9.78. The van der Waals surface area contributed by atoms with E-state index in [0.29, 0.717) is 5.54 Å². The van der Waals surface area contributed by atoms with Crippen LogP contribution in [0.2, 0.25) is 0 Å². The molecule has 0 unspecified atom stereocenters. The molecule has 1 aliphatic rings. The number of thiazole rings is 1. The van der Waals surface area contributed by atoms with E-state index in [1.807, 2.05) is 6.20 Å². The SMILES string of the molecule is Cc1ncc(CNC2(C)CCC(C)CC2)s1. The second-order valence-electron chi connectivity index (χ2n) is 5.44. The first-order chi connectivity index (χ1) is 7.57. The van der Waals surface area contributed by atoms with Gasteiger partial charge in [0.05, 0.1) is 5.01 Å². The van der Waals surface area contributed by atoms with Crippen molar-refractivity contribution in [2.45, 2.75) is 58.5 Å². The fraction of sp³-hybridized carbons (Fsp3) is 0.769. The lowest BCUT2D eigenvalue weighted by Crippen LogP contribution is -2.44. The molecule has 0 atom stereocenters. The van der Waals surface area contributed by atoms with Gasteiger partial charge >= 0.3 is 0 Å². The first-order valence-electron chi connectivity index (χ1n) is 6.24. The Morgan fingerprint density at radius 3 is 2.75 bits per heavy atom. The molecule has 1 saturated carbocycles. The van der Waals surface area contributed by atoms with E-state index in [9.17, 15) is 0 Å². The molecule has 0 aromatic carbocycles. The number of aryl methyl sites for hydroxylation is 1. The number of hydrogen-bond acceptors (Lipinski definition) is 3. The predicted octanol–water partition coefficient (Wildman–Crippen LogP) is 3.51. The van der Waals surface area contributed by atoms with Gasteiger partial charge in [0, 0.05) is 23.2 Å². The summed E-state index contributed by atoms with van der Waals surface area (Å²) in [6.07, 6.45) is 7.36. The van der Waals surface area contributed by atoms with E-state index in [4.69, 9.17) is 0 Å². The van der Waals surface area contributed by atoms with E-state index >= 15 is 0 Å². The molecule has 0 spiro atoms. The Bertz CT molecular complexity index is 337. The topological polar surface area (TPSA) is 24.9 Å². The summed E-state index contributed by atoms with van der Waals surface area (Å²) in [5, 5.41) is 4.88. The molecule has 1 fully saturated rings. The van der Waals surface area contributed by atoms with Crippen molar-refractivity contribution in [2.75, 3.05) is 0 Å². The van der Waals surface area contributed by atoms with Crippen LogP contribution in [0.15, 0.2) is 6.20 Å². The minimum Gasteiger partial charge on any atom is -0.307 e. The zero-order valence-electron chi connectivity index (χ0n) is 10.5. The molecule has 1 aromatic heterocycles. The van der Waals surface area contributed by atoms with Crippen LogP contribution in [0.1, 0.15) is 49.4 Å². The molecule has 2 nitrogen and oxygen atoms in total. The number of nitrogens with zero attached hydrogens (tertiary/aromatic N) is 1. The van der Waals surface area contributed by atoms with Crippen LogP contribution in [0.5, 0.6) is 0 Å². The van der Waals surface area contributed by atoms with Gasteiger partial charge in [0.1, 0.15) is 0 Å². The normalized spacial score (nSPS) is 30.6. The zero-order valence-corrected chi connectivity index (χ0v) is 11.4. The van der Waals surface area contributed by atoms with Gasteiger partial charge in [-0.05, 0) is 45.4 Å². The van der Waals surface area contributed by atoms with Crippen LogP contribution in [0.25, 0.3) is 0 Å². The summed E-state index contributed by atoms with van der Waals surface area (Å²) < 4.78 is 0. The molecule has 1 aromatic rings. The van der Waals surface area contributed by atoms with Gasteiger partial charge in [-0.25, -0.2) is 4.98 Å². The molecule has 0 bridgehead atoms. The van der Waals surface area contributed by atoms with Gasteiger partial charge in [0.25, 0.3) is 0 Å². The predicted molar refractivity (Wildman–Crippen MR) is 69.7 cm³/mol. The van der Waals surface area contributed by atoms with Crippen molar-refractivity contribution in [3.8, 4) is 0 Å². The van der Waals surface area contributed by atoms with Gasteiger partial charge in [-0.2, -0.15) is 0 Å². The van der Waals surface area contributed by atoms with Gasteiger partial charge < -0.3 is 5.32 Å². The third kappa shape index (κ3) is 3.05. The highest BCUT2D eigenvalue weighted by Gasteiger charge is 2.28. The van der Waals surface area contributed by atoms with Gasteiger partial charge in [-0.3, -0.25) is 0 Å². The molecule has 0 amide bonds. The minimum absolute atomic E-state index is 0.352. The quantitative estimate of drug-likeness (QED) is 0.871. The molecule has 3 heteroatoms. The molecule has 0 saturated heterocycles. The summed E-state index contributed by atoms with van der Waals surface area (Å²) in [6.45, 7) is 7.79. The van der Waals surface area contributed by atoms with Crippen LogP contribution in [-0.2, 0) is 6.54 Å². The highest BCUT2D eigenvalue weighted by molar-refractivity contribution is 7.11. The van der Waals surface area contributed by atoms with Gasteiger partial charge in [0.2, 0.25) is 0 Å². The molecular formula is C13H22N2S. The van der Waals surface area contributed by atoms with Crippen LogP contribution >= 0.6 is 11.3 Å². The lowest BCUT2D eigenvalue weighted by molar-refractivity contribution is 0.213. The van der Waals surface area contributed by atoms with Crippen molar-refractivity contribution in [3.63, 3.8) is 0 Å². The fourth-order valence-corrected chi connectivity index (χ4v) is 3.10. The summed E-state index contributed by atoms with van der Waals surface area (Å²) in [6, 6.07) is 0. The van der Waals surface area contributed by atoms with Crippen LogP contribution in [0.3, 0.4) is 0 Å². The van der Waals surface area contributed by atoms with E-state index in [1.54, 1.807) is 11.3 Å². The van der Waals surface area contributed by atoms with Crippen molar-refractivity contribution in [3.05, 3.63) is 16.1 Å². The van der Waals surface area contributed by atoms with Gasteiger partial charge in [0.15, 0.2) is 0 Å². The maximum Gasteiger partial charge on any atom is 0.0897 e. The number of aromatic nitrogens is 1. The lowest BCUT2D eigenvalue weighted by Gasteiger charge is -2.37. The van der Waals surface area contributed by atoms with Crippen LogP contribution in [0, 0.1) is 12.8 Å². The average molecular weight is 238 g/mol. The van der Waals surface area contributed by atoms with Crippen LogP contribution < -0.4 is 5.32 Å². The Kier molecular flexibility index (Phi) is 3.65. The van der Waals surface area contributed by atoms with Crippen molar-refractivity contribution >= 4 is 11.3 Å². The Balaban J connectivity index is 1.85. The largest absolute Gasteiger partial charge is 0.307 e. The summed E-state index contributed by atoms with van der Waals surface area (Å²) in [7, 11) is 0. The van der Waals surface area contributed by atoms with E-state index in [1.165, 1.54) is 35.6 Å². The first-order valence-corrected chi connectivity index (χ1v) is 7.05. The number of rotatable bonds is 3. The van der Waals surface area contributed by atoms with E-state index in [-0.39, 0.29) is 0 Å². The number of hydrogen-bond donors (Lipinski definition) is 1. The van der Waals surface area contributed by atoms with Crippen molar-refractivity contribution in [1.82, 2.24) is 10.3 Å². The van der Waals surface area contributed by atoms with E-state index in [2.05, 4.69) is 31.1 Å². The Labute approximate surface area is 102 Å². The van der Waals surface area contributed by atoms with Crippen LogP contribution in [-0.4, -0.2) is 10.5 Å². The highest BCUT2D eigenvalue weighted by atomic mass is 32.1. The van der Waals surface area contributed by atoms with Crippen molar-refractivity contribution < 1.29 is 0 Å². The number of nitrogens with one attached hydrogen (secondary N) is 1. The Morgan fingerprint density at radius 1 is 1.50 bits per heavy atom. The molecule has 0 aliphatic heterocycles. The summed E-state index contributed by atoms with van der Waals surface area (Å²) in [5.41, 5.74) is 0.352. The Hall–Kier alpha value is -0.410. The van der Waals surface area contributed by atoms with Gasteiger partial charge in [-0.15, -0.1) is 11.3 Å². The molecule has 1 heterocycles. The first kappa shape index (κ1) is 12.1. The zero-order chi connectivity index (χ0) is 11.6. The second kappa shape index (κ2) is 4.84. The molecular weight excluding hydrogens is 216 g/mol. The molecule has 90 valence electrons. The summed E-state index contributed by atoms with van der Waals surface area (Å²) in [5.74, 6) is 0.917. The van der Waals surface area contributed by atoms with Crippen LogP contribution in [0.4, 0.5) is 0 Å². The third-order valence-corrected chi connectivity index (χ3v) is 4.65. The molecule has 1 aliphatic carbocycles. The molecule has 0 radical (unpaired) electrons. The molecule has 1 N–H and O–H groups in total. The average Bonchev–Trinajstić information content (AvgIpc) is 2.67. The summed E-state index contributed by atoms with van der Waals surface area (Å²) in [4.78, 5) is 5.65. The standard InChI is InChI=1S/C13H22N2S/c1-10-4-6-13(3,7-5-10)15-9-12-8-14-11(2)16-12/h8,10,15H,4-7,9H2,1-3H3. The smallest absolute Gasteiger partial charge is 0.0897 e. The monoisotopic (exact) mass is 238 g/mol.